The van der Waals surface area contributed by atoms with Gasteiger partial charge in [0.2, 0.25) is 5.91 Å². The molecule has 2 heterocycles. The zero-order valence-corrected chi connectivity index (χ0v) is 10.8. The second kappa shape index (κ2) is 5.02. The quantitative estimate of drug-likeness (QED) is 0.874. The molecule has 3 rings (SSSR count). The number of aromatic nitrogens is 2. The Morgan fingerprint density at radius 3 is 3.11 bits per heavy atom. The molecule has 2 aromatic rings. The fourth-order valence-electron chi connectivity index (χ4n) is 2.20. The van der Waals surface area contributed by atoms with Crippen molar-refractivity contribution in [1.29, 1.82) is 0 Å². The molecule has 1 unspecified atom stereocenters. The number of fused-ring (bicyclic) bond motifs is 1. The fourth-order valence-corrected chi connectivity index (χ4v) is 3.40. The van der Waals surface area contributed by atoms with E-state index >= 15 is 0 Å². The fraction of sp³-hybridized carbons (Fsp3) is 0.385. The Kier molecular flexibility index (Phi) is 3.23. The Balaban J connectivity index is 1.77. The molecule has 0 bridgehead atoms. The largest absolute Gasteiger partial charge is 0.308 e. The van der Waals surface area contributed by atoms with Gasteiger partial charge in [0.05, 0.1) is 10.8 Å². The molecular formula is C13H15N3OS. The van der Waals surface area contributed by atoms with Crippen LogP contribution in [-0.2, 0) is 4.79 Å². The average molecular weight is 261 g/mol. The summed E-state index contributed by atoms with van der Waals surface area (Å²) in [4.78, 5) is 12.1. The number of para-hydroxylation sites is 1. The Morgan fingerprint density at radius 2 is 2.28 bits per heavy atom. The van der Waals surface area contributed by atoms with Crippen molar-refractivity contribution in [2.75, 3.05) is 11.1 Å². The van der Waals surface area contributed by atoms with Crippen molar-refractivity contribution in [3.05, 3.63) is 24.3 Å². The number of amides is 1. The zero-order chi connectivity index (χ0) is 12.4. The first kappa shape index (κ1) is 11.6. The van der Waals surface area contributed by atoms with E-state index in [4.69, 9.17) is 0 Å². The van der Waals surface area contributed by atoms with E-state index in [-0.39, 0.29) is 11.2 Å². The van der Waals surface area contributed by atoms with Crippen LogP contribution < -0.4 is 5.32 Å². The van der Waals surface area contributed by atoms with Gasteiger partial charge in [-0.1, -0.05) is 18.6 Å². The van der Waals surface area contributed by atoms with Crippen LogP contribution in [0.3, 0.4) is 0 Å². The van der Waals surface area contributed by atoms with E-state index in [0.717, 1.165) is 29.5 Å². The van der Waals surface area contributed by atoms with E-state index in [1.165, 1.54) is 6.42 Å². The van der Waals surface area contributed by atoms with E-state index in [9.17, 15) is 4.79 Å². The van der Waals surface area contributed by atoms with Crippen molar-refractivity contribution in [3.63, 3.8) is 0 Å². The molecule has 1 aliphatic rings. The van der Waals surface area contributed by atoms with Crippen molar-refractivity contribution in [3.8, 4) is 0 Å². The van der Waals surface area contributed by atoms with E-state index < -0.39 is 0 Å². The molecule has 2 N–H and O–H groups in total. The van der Waals surface area contributed by atoms with Gasteiger partial charge in [-0.3, -0.25) is 9.89 Å². The second-order valence-electron chi connectivity index (χ2n) is 4.46. The van der Waals surface area contributed by atoms with Crippen LogP contribution in [-0.4, -0.2) is 27.1 Å². The molecule has 1 saturated heterocycles. The summed E-state index contributed by atoms with van der Waals surface area (Å²) in [6.07, 6.45) is 3.34. The smallest absolute Gasteiger partial charge is 0.238 e. The molecule has 1 aromatic carbocycles. The summed E-state index contributed by atoms with van der Waals surface area (Å²) in [7, 11) is 0. The van der Waals surface area contributed by atoms with E-state index in [1.54, 1.807) is 11.8 Å². The standard InChI is InChI=1S/C13H15N3OS/c17-13(11-7-3-4-8-18-11)14-12-9-5-1-2-6-10(9)15-16-12/h1-2,5-6,11H,3-4,7-8H2,(H2,14,15,16,17). The van der Waals surface area contributed by atoms with Crippen molar-refractivity contribution >= 4 is 34.4 Å². The first-order valence-corrected chi connectivity index (χ1v) is 7.25. The summed E-state index contributed by atoms with van der Waals surface area (Å²) < 4.78 is 0. The molecule has 0 radical (unpaired) electrons. The number of anilines is 1. The first-order chi connectivity index (χ1) is 8.84. The van der Waals surface area contributed by atoms with Crippen molar-refractivity contribution in [1.82, 2.24) is 10.2 Å². The van der Waals surface area contributed by atoms with Gasteiger partial charge < -0.3 is 5.32 Å². The van der Waals surface area contributed by atoms with Crippen molar-refractivity contribution in [2.45, 2.75) is 24.5 Å². The predicted octanol–water partition coefficient (Wildman–Crippen LogP) is 2.79. The number of nitrogens with zero attached hydrogens (tertiary/aromatic N) is 1. The van der Waals surface area contributed by atoms with E-state index in [1.807, 2.05) is 24.3 Å². The van der Waals surface area contributed by atoms with Crippen LogP contribution in [0.4, 0.5) is 5.82 Å². The molecule has 1 atom stereocenters. The number of benzene rings is 1. The van der Waals surface area contributed by atoms with Crippen LogP contribution in [0.5, 0.6) is 0 Å². The molecule has 94 valence electrons. The number of carbonyl (C=O) groups excluding carboxylic acids is 1. The Labute approximate surface area is 110 Å². The van der Waals surface area contributed by atoms with Crippen LogP contribution in [0.1, 0.15) is 19.3 Å². The van der Waals surface area contributed by atoms with Crippen LogP contribution >= 0.6 is 11.8 Å². The maximum absolute atomic E-state index is 12.1. The van der Waals surface area contributed by atoms with Gasteiger partial charge in [-0.25, -0.2) is 0 Å². The van der Waals surface area contributed by atoms with Gasteiger partial charge in [0.1, 0.15) is 0 Å². The average Bonchev–Trinajstić information content (AvgIpc) is 2.83. The minimum Gasteiger partial charge on any atom is -0.308 e. The number of H-pyrrole nitrogens is 1. The van der Waals surface area contributed by atoms with Gasteiger partial charge in [0.25, 0.3) is 0 Å². The molecule has 1 fully saturated rings. The monoisotopic (exact) mass is 261 g/mol. The number of hydrogen-bond acceptors (Lipinski definition) is 3. The minimum absolute atomic E-state index is 0.0780. The highest BCUT2D eigenvalue weighted by atomic mass is 32.2. The topological polar surface area (TPSA) is 57.8 Å². The second-order valence-corrected chi connectivity index (χ2v) is 5.77. The zero-order valence-electron chi connectivity index (χ0n) is 9.98. The van der Waals surface area contributed by atoms with Gasteiger partial charge in [-0.15, -0.1) is 11.8 Å². The Hall–Kier alpha value is -1.49. The third-order valence-corrected chi connectivity index (χ3v) is 4.56. The Bertz CT molecular complexity index is 560. The minimum atomic E-state index is 0.0780. The third kappa shape index (κ3) is 2.22. The number of aromatic amines is 1. The summed E-state index contributed by atoms with van der Waals surface area (Å²) in [6.45, 7) is 0. The third-order valence-electron chi connectivity index (χ3n) is 3.18. The molecular weight excluding hydrogens is 246 g/mol. The lowest BCUT2D eigenvalue weighted by Gasteiger charge is -2.19. The predicted molar refractivity (Wildman–Crippen MR) is 74.8 cm³/mol. The van der Waals surface area contributed by atoms with Crippen molar-refractivity contribution in [2.24, 2.45) is 0 Å². The van der Waals surface area contributed by atoms with E-state index in [0.29, 0.717) is 5.82 Å². The summed E-state index contributed by atoms with van der Waals surface area (Å²) in [6, 6.07) is 7.81. The molecule has 0 saturated carbocycles. The van der Waals surface area contributed by atoms with Crippen LogP contribution in [0, 0.1) is 0 Å². The number of hydrogen-bond donors (Lipinski definition) is 2. The lowest BCUT2D eigenvalue weighted by molar-refractivity contribution is -0.115. The van der Waals surface area contributed by atoms with Gasteiger partial charge >= 0.3 is 0 Å². The highest BCUT2D eigenvalue weighted by Crippen LogP contribution is 2.27. The van der Waals surface area contributed by atoms with Crippen LogP contribution in [0.15, 0.2) is 24.3 Å². The van der Waals surface area contributed by atoms with Gasteiger partial charge in [-0.2, -0.15) is 5.10 Å². The summed E-state index contributed by atoms with van der Waals surface area (Å²) in [5.74, 6) is 1.80. The molecule has 1 aliphatic heterocycles. The molecule has 5 heteroatoms. The lowest BCUT2D eigenvalue weighted by atomic mass is 10.2. The maximum atomic E-state index is 12.1. The molecule has 18 heavy (non-hydrogen) atoms. The van der Waals surface area contributed by atoms with Gasteiger partial charge in [0.15, 0.2) is 5.82 Å². The lowest BCUT2D eigenvalue weighted by Crippen LogP contribution is -2.27. The van der Waals surface area contributed by atoms with Gasteiger partial charge in [0, 0.05) is 5.39 Å². The Morgan fingerprint density at radius 1 is 1.39 bits per heavy atom. The molecule has 0 aliphatic carbocycles. The number of carbonyl (C=O) groups is 1. The van der Waals surface area contributed by atoms with Gasteiger partial charge in [-0.05, 0) is 30.7 Å². The number of thioether (sulfide) groups is 1. The van der Waals surface area contributed by atoms with Crippen LogP contribution in [0.25, 0.3) is 10.9 Å². The number of nitrogens with one attached hydrogen (secondary N) is 2. The van der Waals surface area contributed by atoms with E-state index in [2.05, 4.69) is 15.5 Å². The van der Waals surface area contributed by atoms with Crippen LogP contribution in [0.2, 0.25) is 0 Å². The highest BCUT2D eigenvalue weighted by Gasteiger charge is 2.22. The molecule has 1 amide bonds. The molecule has 1 aromatic heterocycles. The summed E-state index contributed by atoms with van der Waals surface area (Å²) >= 11 is 1.75. The SMILES string of the molecule is O=C(Nc1n[nH]c2ccccc12)C1CCCCS1. The highest BCUT2D eigenvalue weighted by molar-refractivity contribution is 8.00. The summed E-state index contributed by atoms with van der Waals surface area (Å²) in [5, 5.41) is 11.1. The molecule has 4 nitrogen and oxygen atoms in total. The summed E-state index contributed by atoms with van der Waals surface area (Å²) in [5.41, 5.74) is 0.948. The normalized spacial score (nSPS) is 19.9. The molecule has 0 spiro atoms. The maximum Gasteiger partial charge on any atom is 0.238 e. The number of rotatable bonds is 2. The van der Waals surface area contributed by atoms with Crippen molar-refractivity contribution < 1.29 is 4.79 Å². The first-order valence-electron chi connectivity index (χ1n) is 6.20.